The van der Waals surface area contributed by atoms with Crippen LogP contribution >= 0.6 is 23.4 Å². The van der Waals surface area contributed by atoms with Gasteiger partial charge >= 0.3 is 0 Å². The molecule has 0 atom stereocenters. The number of carbonyl (C=O) groups is 1. The summed E-state index contributed by atoms with van der Waals surface area (Å²) in [6.45, 7) is 4.27. The summed E-state index contributed by atoms with van der Waals surface area (Å²) in [5, 5.41) is 12.4. The molecule has 6 nitrogen and oxygen atoms in total. The maximum absolute atomic E-state index is 12.1. The molecule has 0 aliphatic carbocycles. The van der Waals surface area contributed by atoms with Crippen LogP contribution in [0.4, 0.5) is 5.69 Å². The number of halogens is 1. The lowest BCUT2D eigenvalue weighted by Gasteiger charge is -2.07. The van der Waals surface area contributed by atoms with Crippen LogP contribution < -0.4 is 5.32 Å². The van der Waals surface area contributed by atoms with Crippen LogP contribution in [0.15, 0.2) is 64.9 Å². The summed E-state index contributed by atoms with van der Waals surface area (Å²) in [7, 11) is 0. The van der Waals surface area contributed by atoms with Crippen LogP contribution in [0.2, 0.25) is 5.02 Å². The molecule has 128 valence electrons. The van der Waals surface area contributed by atoms with Gasteiger partial charge in [0.05, 0.1) is 12.0 Å². The van der Waals surface area contributed by atoms with Gasteiger partial charge in [0, 0.05) is 17.3 Å². The molecule has 1 aromatic carbocycles. The number of amides is 1. The Morgan fingerprint density at radius 2 is 2.12 bits per heavy atom. The van der Waals surface area contributed by atoms with E-state index in [1.807, 2.05) is 10.6 Å². The second-order valence-corrected chi connectivity index (χ2v) is 6.41. The highest BCUT2D eigenvalue weighted by Gasteiger charge is 2.16. The molecule has 1 amide bonds. The van der Waals surface area contributed by atoms with Crippen molar-refractivity contribution in [1.29, 1.82) is 0 Å². The first-order valence-corrected chi connectivity index (χ1v) is 8.80. The lowest BCUT2D eigenvalue weighted by atomic mass is 10.3. The molecule has 1 N–H and O–H groups in total. The lowest BCUT2D eigenvalue weighted by Crippen LogP contribution is -2.14. The highest BCUT2D eigenvalue weighted by molar-refractivity contribution is 7.99. The van der Waals surface area contributed by atoms with Crippen LogP contribution in [0.5, 0.6) is 0 Å². The highest BCUT2D eigenvalue weighted by Crippen LogP contribution is 2.24. The fourth-order valence-corrected chi connectivity index (χ4v) is 3.01. The maximum atomic E-state index is 12.1. The van der Waals surface area contributed by atoms with E-state index < -0.39 is 0 Å². The molecule has 3 rings (SSSR count). The van der Waals surface area contributed by atoms with Gasteiger partial charge in [0.25, 0.3) is 0 Å². The summed E-state index contributed by atoms with van der Waals surface area (Å²) in [5.74, 6) is 1.29. The van der Waals surface area contributed by atoms with Gasteiger partial charge in [0.1, 0.15) is 0 Å². The number of hydrogen-bond donors (Lipinski definition) is 1. The summed E-state index contributed by atoms with van der Waals surface area (Å²) < 4.78 is 7.23. The molecule has 0 fully saturated rings. The molecule has 8 heteroatoms. The Morgan fingerprint density at radius 3 is 2.80 bits per heavy atom. The second-order valence-electron chi connectivity index (χ2n) is 5.03. The molecule has 2 heterocycles. The van der Waals surface area contributed by atoms with Gasteiger partial charge in [-0.25, -0.2) is 0 Å². The number of nitrogens with zero attached hydrogens (tertiary/aromatic N) is 3. The molecule has 0 radical (unpaired) electrons. The summed E-state index contributed by atoms with van der Waals surface area (Å²) in [6, 6.07) is 10.5. The largest absolute Gasteiger partial charge is 0.461 e. The number of thioether (sulfide) groups is 1. The number of anilines is 1. The number of furan rings is 1. The molecule has 0 saturated heterocycles. The molecule has 2 aromatic heterocycles. The Bertz CT molecular complexity index is 859. The quantitative estimate of drug-likeness (QED) is 0.497. The number of aromatic nitrogens is 3. The van der Waals surface area contributed by atoms with E-state index in [2.05, 4.69) is 22.1 Å². The summed E-state index contributed by atoms with van der Waals surface area (Å²) in [6.07, 6.45) is 3.32. The minimum Gasteiger partial charge on any atom is -0.461 e. The van der Waals surface area contributed by atoms with E-state index in [-0.39, 0.29) is 11.7 Å². The normalized spacial score (nSPS) is 10.6. The van der Waals surface area contributed by atoms with Crippen molar-refractivity contribution >= 4 is 35.0 Å². The van der Waals surface area contributed by atoms with Crippen molar-refractivity contribution in [1.82, 2.24) is 14.8 Å². The maximum Gasteiger partial charge on any atom is 0.234 e. The number of nitrogens with one attached hydrogen (secondary N) is 1. The first kappa shape index (κ1) is 17.3. The summed E-state index contributed by atoms with van der Waals surface area (Å²) in [5.41, 5.74) is 0.693. The molecule has 0 aliphatic heterocycles. The second kappa shape index (κ2) is 8.04. The Kier molecular flexibility index (Phi) is 5.57. The predicted molar refractivity (Wildman–Crippen MR) is 98.7 cm³/mol. The van der Waals surface area contributed by atoms with E-state index in [1.165, 1.54) is 11.8 Å². The molecular weight excluding hydrogens is 360 g/mol. The standard InChI is InChI=1S/C17H15ClN4O2S/c1-2-9-22-16(14-4-3-10-24-14)20-21-17(22)25-11-15(23)19-13-7-5-12(18)6-8-13/h2-8,10H,1,9,11H2,(H,19,23). The zero-order valence-corrected chi connectivity index (χ0v) is 14.8. The van der Waals surface area contributed by atoms with Crippen LogP contribution in [-0.4, -0.2) is 26.4 Å². The van der Waals surface area contributed by atoms with E-state index in [4.69, 9.17) is 16.0 Å². The van der Waals surface area contributed by atoms with Gasteiger partial charge in [0.2, 0.25) is 11.7 Å². The first-order chi connectivity index (χ1) is 12.2. The van der Waals surface area contributed by atoms with Gasteiger partial charge in [-0.05, 0) is 36.4 Å². The fraction of sp³-hybridized carbons (Fsp3) is 0.118. The zero-order valence-electron chi connectivity index (χ0n) is 13.2. The van der Waals surface area contributed by atoms with Crippen molar-refractivity contribution in [2.24, 2.45) is 0 Å². The van der Waals surface area contributed by atoms with E-state index in [9.17, 15) is 4.79 Å². The van der Waals surface area contributed by atoms with Gasteiger partial charge in [-0.3, -0.25) is 9.36 Å². The Labute approximate surface area is 153 Å². The molecule has 0 bridgehead atoms. The van der Waals surface area contributed by atoms with E-state index in [1.54, 1.807) is 42.7 Å². The number of rotatable bonds is 7. The van der Waals surface area contributed by atoms with Gasteiger partial charge in [-0.2, -0.15) is 0 Å². The average molecular weight is 375 g/mol. The number of hydrogen-bond acceptors (Lipinski definition) is 5. The topological polar surface area (TPSA) is 73.0 Å². The van der Waals surface area contributed by atoms with E-state index in [0.717, 1.165) is 0 Å². The van der Waals surface area contributed by atoms with Crippen LogP contribution in [0.25, 0.3) is 11.6 Å². The minimum atomic E-state index is -0.139. The van der Waals surface area contributed by atoms with E-state index in [0.29, 0.717) is 34.0 Å². The van der Waals surface area contributed by atoms with Gasteiger partial charge in [-0.15, -0.1) is 16.8 Å². The average Bonchev–Trinajstić information content (AvgIpc) is 3.25. The third kappa shape index (κ3) is 4.32. The van der Waals surface area contributed by atoms with Gasteiger partial charge in [0.15, 0.2) is 10.9 Å². The molecule has 0 unspecified atom stereocenters. The molecule has 0 spiro atoms. The molecule has 0 saturated carbocycles. The first-order valence-electron chi connectivity index (χ1n) is 7.43. The lowest BCUT2D eigenvalue weighted by molar-refractivity contribution is -0.113. The molecular formula is C17H15ClN4O2S. The van der Waals surface area contributed by atoms with Crippen molar-refractivity contribution < 1.29 is 9.21 Å². The molecule has 0 aliphatic rings. The Hall–Kier alpha value is -2.51. The SMILES string of the molecule is C=CCn1c(SCC(=O)Nc2ccc(Cl)cc2)nnc1-c1ccco1. The van der Waals surface area contributed by atoms with Crippen molar-refractivity contribution in [2.45, 2.75) is 11.7 Å². The van der Waals surface area contributed by atoms with Crippen molar-refractivity contribution in [2.75, 3.05) is 11.1 Å². The molecule has 25 heavy (non-hydrogen) atoms. The van der Waals surface area contributed by atoms with Crippen LogP contribution in [0, 0.1) is 0 Å². The van der Waals surface area contributed by atoms with Crippen LogP contribution in [0.3, 0.4) is 0 Å². The zero-order chi connectivity index (χ0) is 17.6. The van der Waals surface area contributed by atoms with Gasteiger partial charge < -0.3 is 9.73 Å². The number of carbonyl (C=O) groups excluding carboxylic acids is 1. The Balaban J connectivity index is 1.67. The fourth-order valence-electron chi connectivity index (χ4n) is 2.14. The highest BCUT2D eigenvalue weighted by atomic mass is 35.5. The summed E-state index contributed by atoms with van der Waals surface area (Å²) in [4.78, 5) is 12.1. The monoisotopic (exact) mass is 374 g/mol. The van der Waals surface area contributed by atoms with E-state index >= 15 is 0 Å². The van der Waals surface area contributed by atoms with Crippen LogP contribution in [0.1, 0.15) is 0 Å². The minimum absolute atomic E-state index is 0.139. The van der Waals surface area contributed by atoms with Gasteiger partial charge in [-0.1, -0.05) is 29.4 Å². The predicted octanol–water partition coefficient (Wildman–Crippen LogP) is 4.11. The number of allylic oxidation sites excluding steroid dienone is 1. The third-order valence-corrected chi connectivity index (χ3v) is 4.45. The molecule has 3 aromatic rings. The smallest absolute Gasteiger partial charge is 0.234 e. The summed E-state index contributed by atoms with van der Waals surface area (Å²) >= 11 is 7.13. The van der Waals surface area contributed by atoms with Crippen LogP contribution in [-0.2, 0) is 11.3 Å². The Morgan fingerprint density at radius 1 is 1.32 bits per heavy atom. The van der Waals surface area contributed by atoms with Crippen molar-refractivity contribution in [3.8, 4) is 11.6 Å². The number of benzene rings is 1. The third-order valence-electron chi connectivity index (χ3n) is 3.23. The van der Waals surface area contributed by atoms with Crippen molar-refractivity contribution in [3.63, 3.8) is 0 Å². The van der Waals surface area contributed by atoms with Crippen molar-refractivity contribution in [3.05, 3.63) is 60.3 Å².